The highest BCUT2D eigenvalue weighted by atomic mass is 16.3. The molecule has 0 saturated carbocycles. The SMILES string of the molecule is [2H]C([2H])([2H])C([2H])([2H])C([2H])([2H])C([2H])([2H])Cc1cc(O)c([C@@H]2C=C(CO)CC[C@H]2C(=C)C)c(O)c1. The van der Waals surface area contributed by atoms with Crippen molar-refractivity contribution in [3.05, 3.63) is 47.1 Å². The second-order valence-electron chi connectivity index (χ2n) is 6.15. The summed E-state index contributed by atoms with van der Waals surface area (Å²) in [6, 6.07) is 2.31. The van der Waals surface area contributed by atoms with Crippen molar-refractivity contribution in [3.8, 4) is 11.5 Å². The molecule has 1 aromatic carbocycles. The second-order valence-corrected chi connectivity index (χ2v) is 6.15. The van der Waals surface area contributed by atoms with Gasteiger partial charge in [0.05, 0.1) is 6.61 Å². The number of aryl methyl sites for hydroxylation is 1. The zero-order valence-electron chi connectivity index (χ0n) is 22.8. The van der Waals surface area contributed by atoms with Crippen LogP contribution in [0.15, 0.2) is 35.9 Å². The Morgan fingerprint density at radius 2 is 2.04 bits per heavy atom. The van der Waals surface area contributed by atoms with Crippen LogP contribution in [0.25, 0.3) is 0 Å². The number of aliphatic hydroxyl groups is 1. The molecule has 0 aliphatic heterocycles. The van der Waals surface area contributed by atoms with E-state index in [-0.39, 0.29) is 35.2 Å². The molecule has 24 heavy (non-hydrogen) atoms. The highest BCUT2D eigenvalue weighted by Crippen LogP contribution is 2.46. The van der Waals surface area contributed by atoms with Gasteiger partial charge >= 0.3 is 0 Å². The number of phenols is 2. The van der Waals surface area contributed by atoms with E-state index < -0.39 is 38.3 Å². The molecule has 0 aromatic heterocycles. The number of benzene rings is 1. The number of aliphatic hydroxyl groups excluding tert-OH is 1. The minimum atomic E-state index is -3.49. The first-order valence-corrected chi connectivity index (χ1v) is 7.88. The van der Waals surface area contributed by atoms with Gasteiger partial charge in [-0.25, -0.2) is 0 Å². The van der Waals surface area contributed by atoms with E-state index in [1.165, 1.54) is 0 Å². The monoisotopic (exact) mass is 339 g/mol. The highest BCUT2D eigenvalue weighted by molar-refractivity contribution is 5.52. The highest BCUT2D eigenvalue weighted by Gasteiger charge is 2.30. The Labute approximate surface area is 158 Å². The third-order valence-corrected chi connectivity index (χ3v) is 4.43. The average molecular weight is 340 g/mol. The molecule has 0 heterocycles. The molecule has 1 aliphatic rings. The van der Waals surface area contributed by atoms with E-state index in [2.05, 4.69) is 6.58 Å². The van der Waals surface area contributed by atoms with Gasteiger partial charge in [-0.3, -0.25) is 0 Å². The molecule has 2 atom stereocenters. The van der Waals surface area contributed by atoms with Crippen LogP contribution in [0.5, 0.6) is 11.5 Å². The predicted octanol–water partition coefficient (Wildman–Crippen LogP) is 4.82. The van der Waals surface area contributed by atoms with Crippen molar-refractivity contribution in [1.29, 1.82) is 0 Å². The largest absolute Gasteiger partial charge is 0.507 e. The molecular weight excluding hydrogens is 300 g/mol. The minimum absolute atomic E-state index is 0.0296. The molecule has 0 unspecified atom stereocenters. The number of hydrogen-bond donors (Lipinski definition) is 3. The van der Waals surface area contributed by atoms with Gasteiger partial charge in [-0.2, -0.15) is 0 Å². The van der Waals surface area contributed by atoms with Crippen LogP contribution in [0, 0.1) is 5.92 Å². The van der Waals surface area contributed by atoms with E-state index in [0.717, 1.165) is 23.3 Å². The maximum absolute atomic E-state index is 10.7. The fourth-order valence-electron chi connectivity index (χ4n) is 3.26. The molecule has 0 bridgehead atoms. The molecule has 0 radical (unpaired) electrons. The molecule has 0 amide bonds. The van der Waals surface area contributed by atoms with Gasteiger partial charge in [0.15, 0.2) is 0 Å². The van der Waals surface area contributed by atoms with Gasteiger partial charge in [0.1, 0.15) is 11.5 Å². The summed E-state index contributed by atoms with van der Waals surface area (Å²) in [6.07, 6.45) is -7.62. The summed E-state index contributed by atoms with van der Waals surface area (Å²) >= 11 is 0. The Bertz CT molecular complexity index is 912. The van der Waals surface area contributed by atoms with Gasteiger partial charge in [-0.05, 0) is 61.7 Å². The summed E-state index contributed by atoms with van der Waals surface area (Å²) in [5.41, 5.74) is 1.71. The Balaban J connectivity index is 2.47. The van der Waals surface area contributed by atoms with Crippen LogP contribution in [0.2, 0.25) is 0 Å². The van der Waals surface area contributed by atoms with Crippen molar-refractivity contribution in [3.63, 3.8) is 0 Å². The molecule has 1 aliphatic carbocycles. The molecule has 0 spiro atoms. The number of hydrogen-bond acceptors (Lipinski definition) is 3. The smallest absolute Gasteiger partial charge is 0.123 e. The molecule has 3 N–H and O–H groups in total. The lowest BCUT2D eigenvalue weighted by Crippen LogP contribution is -2.18. The Morgan fingerprint density at radius 1 is 1.33 bits per heavy atom. The van der Waals surface area contributed by atoms with E-state index in [9.17, 15) is 15.3 Å². The van der Waals surface area contributed by atoms with Crippen LogP contribution in [-0.2, 0) is 6.42 Å². The van der Waals surface area contributed by atoms with Gasteiger partial charge in [-0.1, -0.05) is 37.8 Å². The summed E-state index contributed by atoms with van der Waals surface area (Å²) in [5.74, 6) is -1.34. The van der Waals surface area contributed by atoms with E-state index >= 15 is 0 Å². The van der Waals surface area contributed by atoms with Crippen molar-refractivity contribution in [1.82, 2.24) is 0 Å². The van der Waals surface area contributed by atoms with Gasteiger partial charge in [0.25, 0.3) is 0 Å². The van der Waals surface area contributed by atoms with Crippen molar-refractivity contribution in [2.75, 3.05) is 6.61 Å². The van der Waals surface area contributed by atoms with E-state index in [4.69, 9.17) is 12.3 Å². The van der Waals surface area contributed by atoms with E-state index in [0.29, 0.717) is 12.8 Å². The number of aromatic hydroxyl groups is 2. The first-order chi connectivity index (χ1) is 14.9. The van der Waals surface area contributed by atoms with Crippen LogP contribution in [-0.4, -0.2) is 21.9 Å². The first-order valence-electron chi connectivity index (χ1n) is 12.4. The number of phenolic OH excluding ortho intramolecular Hbond substituents is 2. The van der Waals surface area contributed by atoms with Gasteiger partial charge < -0.3 is 15.3 Å². The standard InChI is InChI=1S/C21H30O3/c1-4-5-6-7-15-11-19(23)21(20(24)12-15)18-10-16(13-22)8-9-17(18)14(2)3/h10-12,17-18,22-24H,2,4-9,13H2,1,3H3/t17-,18+/m0/s1/i1D3,4D2,5D2,6D2. The lowest BCUT2D eigenvalue weighted by molar-refractivity contribution is 0.314. The molecule has 3 nitrogen and oxygen atoms in total. The van der Waals surface area contributed by atoms with Crippen molar-refractivity contribution in [2.24, 2.45) is 5.92 Å². The fraction of sp³-hybridized carbons (Fsp3) is 0.524. The van der Waals surface area contributed by atoms with Crippen molar-refractivity contribution in [2.45, 2.75) is 58.1 Å². The van der Waals surface area contributed by atoms with Crippen LogP contribution >= 0.6 is 0 Å². The molecule has 1 aromatic rings. The lowest BCUT2D eigenvalue weighted by Gasteiger charge is -2.31. The minimum Gasteiger partial charge on any atom is -0.507 e. The van der Waals surface area contributed by atoms with Crippen LogP contribution in [0.3, 0.4) is 0 Å². The Kier molecular flexibility index (Phi) is 3.38. The Hall–Kier alpha value is -1.74. The lowest BCUT2D eigenvalue weighted by atomic mass is 9.73. The fourth-order valence-corrected chi connectivity index (χ4v) is 3.26. The first kappa shape index (κ1) is 9.67. The zero-order valence-corrected chi connectivity index (χ0v) is 13.8. The van der Waals surface area contributed by atoms with Crippen molar-refractivity contribution >= 4 is 0 Å². The third kappa shape index (κ3) is 4.21. The summed E-state index contributed by atoms with van der Waals surface area (Å²) in [6.45, 7) is 2.22. The predicted molar refractivity (Wildman–Crippen MR) is 98.4 cm³/mol. The van der Waals surface area contributed by atoms with Crippen LogP contribution in [0.1, 0.15) is 75.1 Å². The third-order valence-electron chi connectivity index (χ3n) is 4.43. The second kappa shape index (κ2) is 8.39. The Morgan fingerprint density at radius 3 is 2.62 bits per heavy atom. The summed E-state index contributed by atoms with van der Waals surface area (Å²) < 4.78 is 69.4. The molecule has 132 valence electrons. The summed E-state index contributed by atoms with van der Waals surface area (Å²) in [4.78, 5) is 0. The topological polar surface area (TPSA) is 60.7 Å². The molecule has 3 heteroatoms. The molecular formula is C21H30O3. The van der Waals surface area contributed by atoms with E-state index in [1.807, 2.05) is 6.92 Å². The molecule has 0 fully saturated rings. The average Bonchev–Trinajstić information content (AvgIpc) is 2.65. The summed E-state index contributed by atoms with van der Waals surface area (Å²) in [5, 5.41) is 30.9. The van der Waals surface area contributed by atoms with Crippen LogP contribution < -0.4 is 0 Å². The quantitative estimate of drug-likeness (QED) is 0.624. The summed E-state index contributed by atoms with van der Waals surface area (Å²) in [7, 11) is 0. The zero-order chi connectivity index (χ0) is 25.6. The maximum Gasteiger partial charge on any atom is 0.123 e. The van der Waals surface area contributed by atoms with Gasteiger partial charge in [-0.15, -0.1) is 0 Å². The maximum atomic E-state index is 10.7. The van der Waals surface area contributed by atoms with Crippen LogP contribution in [0.4, 0.5) is 0 Å². The molecule has 2 rings (SSSR count). The number of allylic oxidation sites excluding steroid dienone is 2. The molecule has 0 saturated heterocycles. The number of rotatable bonds is 7. The normalized spacial score (nSPS) is 28.6. The van der Waals surface area contributed by atoms with Crippen molar-refractivity contribution < 1.29 is 27.7 Å². The van der Waals surface area contributed by atoms with Gasteiger partial charge in [0.2, 0.25) is 0 Å². The van der Waals surface area contributed by atoms with E-state index in [1.54, 1.807) is 6.08 Å². The van der Waals surface area contributed by atoms with Gasteiger partial charge in [0, 0.05) is 23.8 Å².